The molecule has 0 radical (unpaired) electrons. The van der Waals surface area contributed by atoms with Crippen LogP contribution in [0.15, 0.2) is 42.6 Å². The molecular weight excluding hydrogens is 555 g/mol. The molecule has 3 aromatic rings. The zero-order valence-electron chi connectivity index (χ0n) is 25.1. The highest BCUT2D eigenvalue weighted by molar-refractivity contribution is 5.83. The maximum Gasteiger partial charge on any atom is 0.406 e. The Morgan fingerprint density at radius 1 is 1.14 bits per heavy atom. The number of alkyl halides is 3. The number of fused-ring (bicyclic) bond motifs is 1. The molecule has 0 aliphatic carbocycles. The van der Waals surface area contributed by atoms with Crippen molar-refractivity contribution >= 4 is 22.5 Å². The van der Waals surface area contributed by atoms with Crippen molar-refractivity contribution in [1.82, 2.24) is 24.7 Å². The molecule has 1 aliphatic rings. The third-order valence-electron chi connectivity index (χ3n) is 7.48. The van der Waals surface area contributed by atoms with Crippen LogP contribution in [0.1, 0.15) is 43.6 Å². The highest BCUT2D eigenvalue weighted by Crippen LogP contribution is 2.27. The molecule has 8 nitrogen and oxygen atoms in total. The Labute approximate surface area is 250 Å². The number of likely N-dealkylation sites (tertiary alicyclic amines) is 1. The van der Waals surface area contributed by atoms with Crippen molar-refractivity contribution in [1.29, 1.82) is 5.26 Å². The molecular formula is C32H38F3N7O. The first-order valence-electron chi connectivity index (χ1n) is 14.3. The standard InChI is InChI=1S/C32H38F3N7O/c1-31(2,21-36)29-10-8-26(19-39-29)37-13-5-6-27-17-24-16-23(7-9-28(24)42(27)22-32(33,34)35)18-38-25-11-14-41(15-12-25)30(43)20-40(3)4/h7-10,16-17,19,25,37-38H,11-15,18,20,22H2,1-4H3. The van der Waals surface area contributed by atoms with Gasteiger partial charge in [-0.05, 0) is 82.6 Å². The van der Waals surface area contributed by atoms with Gasteiger partial charge in [0, 0.05) is 36.6 Å². The summed E-state index contributed by atoms with van der Waals surface area (Å²) in [7, 11) is 3.76. The van der Waals surface area contributed by atoms with Crippen LogP contribution in [0, 0.1) is 23.2 Å². The number of nitrogens with one attached hydrogen (secondary N) is 2. The van der Waals surface area contributed by atoms with Gasteiger partial charge in [0.2, 0.25) is 5.91 Å². The fourth-order valence-electron chi connectivity index (χ4n) is 5.06. The number of likely N-dealkylation sites (N-methyl/N-ethyl adjacent to an activating group) is 1. The Balaban J connectivity index is 1.40. The van der Waals surface area contributed by atoms with Crippen molar-refractivity contribution < 1.29 is 18.0 Å². The Kier molecular flexibility index (Phi) is 10.0. The Morgan fingerprint density at radius 3 is 2.51 bits per heavy atom. The lowest BCUT2D eigenvalue weighted by Crippen LogP contribution is -2.47. The van der Waals surface area contributed by atoms with E-state index in [4.69, 9.17) is 0 Å². The molecule has 1 aliphatic heterocycles. The van der Waals surface area contributed by atoms with Gasteiger partial charge < -0.3 is 25.0 Å². The van der Waals surface area contributed by atoms with Crippen molar-refractivity contribution in [3.05, 3.63) is 59.5 Å². The summed E-state index contributed by atoms with van der Waals surface area (Å²) in [6.45, 7) is 5.07. The number of hydrogen-bond donors (Lipinski definition) is 2. The molecule has 4 rings (SSSR count). The van der Waals surface area contributed by atoms with Gasteiger partial charge in [0.05, 0.1) is 47.8 Å². The van der Waals surface area contributed by atoms with Crippen LogP contribution in [0.25, 0.3) is 10.9 Å². The first-order valence-corrected chi connectivity index (χ1v) is 14.3. The minimum Gasteiger partial charge on any atom is -0.373 e. The van der Waals surface area contributed by atoms with E-state index in [0.29, 0.717) is 54.2 Å². The third kappa shape index (κ3) is 8.73. The first kappa shape index (κ1) is 31.9. The number of pyridine rings is 1. The number of piperidine rings is 1. The van der Waals surface area contributed by atoms with E-state index in [2.05, 4.69) is 33.5 Å². The smallest absolute Gasteiger partial charge is 0.373 e. The summed E-state index contributed by atoms with van der Waals surface area (Å²) in [5.41, 5.74) is 2.38. The van der Waals surface area contributed by atoms with Crippen LogP contribution < -0.4 is 10.6 Å². The number of benzene rings is 1. The molecule has 11 heteroatoms. The first-order chi connectivity index (χ1) is 20.3. The minimum atomic E-state index is -4.39. The van der Waals surface area contributed by atoms with E-state index in [0.717, 1.165) is 18.4 Å². The van der Waals surface area contributed by atoms with E-state index in [9.17, 15) is 23.2 Å². The topological polar surface area (TPSA) is 89.2 Å². The lowest BCUT2D eigenvalue weighted by Gasteiger charge is -2.33. The van der Waals surface area contributed by atoms with Gasteiger partial charge in [-0.2, -0.15) is 18.4 Å². The Morgan fingerprint density at radius 2 is 1.88 bits per heavy atom. The molecule has 2 N–H and O–H groups in total. The fraction of sp³-hybridized carbons (Fsp3) is 0.469. The van der Waals surface area contributed by atoms with E-state index < -0.39 is 18.1 Å². The van der Waals surface area contributed by atoms with Crippen LogP contribution in [0.2, 0.25) is 0 Å². The molecule has 43 heavy (non-hydrogen) atoms. The van der Waals surface area contributed by atoms with Gasteiger partial charge in [0.1, 0.15) is 6.54 Å². The molecule has 1 saturated heterocycles. The molecule has 0 unspecified atom stereocenters. The van der Waals surface area contributed by atoms with Crippen molar-refractivity contribution in [2.75, 3.05) is 45.6 Å². The molecule has 1 amide bonds. The van der Waals surface area contributed by atoms with Gasteiger partial charge in [-0.1, -0.05) is 12.0 Å². The van der Waals surface area contributed by atoms with E-state index in [1.807, 2.05) is 36.0 Å². The Hall–Kier alpha value is -4.06. The zero-order valence-corrected chi connectivity index (χ0v) is 25.1. The number of rotatable bonds is 9. The molecule has 228 valence electrons. The number of aromatic nitrogens is 2. The lowest BCUT2D eigenvalue weighted by molar-refractivity contribution is -0.140. The Bertz CT molecular complexity index is 1520. The van der Waals surface area contributed by atoms with Crippen molar-refractivity contribution in [3.63, 3.8) is 0 Å². The van der Waals surface area contributed by atoms with Crippen LogP contribution >= 0.6 is 0 Å². The zero-order chi connectivity index (χ0) is 31.2. The summed E-state index contributed by atoms with van der Waals surface area (Å²) in [4.78, 5) is 20.4. The molecule has 1 fully saturated rings. The number of anilines is 1. The molecule has 0 bridgehead atoms. The predicted molar refractivity (Wildman–Crippen MR) is 161 cm³/mol. The van der Waals surface area contributed by atoms with Crippen LogP contribution in [0.4, 0.5) is 18.9 Å². The number of carbonyl (C=O) groups is 1. The normalized spacial score (nSPS) is 14.4. The average Bonchev–Trinajstić information content (AvgIpc) is 3.29. The number of nitrogens with zero attached hydrogens (tertiary/aromatic N) is 5. The fourth-order valence-corrected chi connectivity index (χ4v) is 5.06. The second-order valence-corrected chi connectivity index (χ2v) is 11.7. The van der Waals surface area contributed by atoms with Gasteiger partial charge in [-0.3, -0.25) is 9.78 Å². The van der Waals surface area contributed by atoms with Crippen molar-refractivity contribution in [3.8, 4) is 17.9 Å². The number of halogens is 3. The minimum absolute atomic E-state index is 0.138. The second kappa shape index (κ2) is 13.5. The quantitative estimate of drug-likeness (QED) is 0.355. The molecule has 0 atom stereocenters. The van der Waals surface area contributed by atoms with E-state index in [-0.39, 0.29) is 18.5 Å². The lowest BCUT2D eigenvalue weighted by atomic mass is 9.91. The maximum absolute atomic E-state index is 13.5. The molecule has 3 heterocycles. The number of carbonyl (C=O) groups excluding carboxylic acids is 1. The summed E-state index contributed by atoms with van der Waals surface area (Å²) in [5, 5.41) is 16.6. The molecule has 0 saturated carbocycles. The molecule has 1 aromatic carbocycles. The van der Waals surface area contributed by atoms with Crippen LogP contribution in [0.5, 0.6) is 0 Å². The summed E-state index contributed by atoms with van der Waals surface area (Å²) in [6.07, 6.45) is -1.07. The molecule has 0 spiro atoms. The number of amides is 1. The average molecular weight is 594 g/mol. The summed E-state index contributed by atoms with van der Waals surface area (Å²) < 4.78 is 41.6. The van der Waals surface area contributed by atoms with Gasteiger partial charge in [0.25, 0.3) is 0 Å². The predicted octanol–water partition coefficient (Wildman–Crippen LogP) is 4.51. The monoisotopic (exact) mass is 593 g/mol. The third-order valence-corrected chi connectivity index (χ3v) is 7.48. The van der Waals surface area contributed by atoms with Gasteiger partial charge in [0.15, 0.2) is 0 Å². The van der Waals surface area contributed by atoms with Gasteiger partial charge >= 0.3 is 6.18 Å². The summed E-state index contributed by atoms with van der Waals surface area (Å²) in [6, 6.07) is 13.2. The van der Waals surface area contributed by atoms with E-state index >= 15 is 0 Å². The van der Waals surface area contributed by atoms with E-state index in [1.165, 1.54) is 4.57 Å². The molecule has 2 aromatic heterocycles. The largest absolute Gasteiger partial charge is 0.406 e. The highest BCUT2D eigenvalue weighted by Gasteiger charge is 2.30. The van der Waals surface area contributed by atoms with Crippen LogP contribution in [-0.4, -0.2) is 77.8 Å². The second-order valence-electron chi connectivity index (χ2n) is 11.7. The maximum atomic E-state index is 13.5. The number of nitriles is 1. The summed E-state index contributed by atoms with van der Waals surface area (Å²) >= 11 is 0. The van der Waals surface area contributed by atoms with Gasteiger partial charge in [-0.25, -0.2) is 0 Å². The van der Waals surface area contributed by atoms with Crippen LogP contribution in [-0.2, 0) is 23.3 Å². The van der Waals surface area contributed by atoms with Gasteiger partial charge in [-0.15, -0.1) is 0 Å². The summed E-state index contributed by atoms with van der Waals surface area (Å²) in [5.74, 6) is 5.97. The van der Waals surface area contributed by atoms with E-state index in [1.54, 1.807) is 44.3 Å². The SMILES string of the molecule is CN(C)CC(=O)N1CCC(NCc2ccc3c(c2)cc(C#CCNc2ccc(C(C)(C)C#N)nc2)n3CC(F)(F)F)CC1. The highest BCUT2D eigenvalue weighted by atomic mass is 19.4. The number of hydrogen-bond acceptors (Lipinski definition) is 6. The van der Waals surface area contributed by atoms with Crippen molar-refractivity contribution in [2.24, 2.45) is 0 Å². The van der Waals surface area contributed by atoms with Crippen molar-refractivity contribution in [2.45, 2.75) is 57.4 Å². The van der Waals surface area contributed by atoms with Crippen LogP contribution in [0.3, 0.4) is 0 Å².